The van der Waals surface area contributed by atoms with Gasteiger partial charge in [-0.3, -0.25) is 4.90 Å². The van der Waals surface area contributed by atoms with E-state index in [0.717, 1.165) is 32.7 Å². The van der Waals surface area contributed by atoms with Crippen LogP contribution < -0.4 is 10.6 Å². The first kappa shape index (κ1) is 12.4. The van der Waals surface area contributed by atoms with Crippen LogP contribution in [-0.4, -0.2) is 36.1 Å². The number of nitrogens with two attached hydrogens (primary N) is 1. The summed E-state index contributed by atoms with van der Waals surface area (Å²) in [4.78, 5) is 8.99. The second-order valence-electron chi connectivity index (χ2n) is 4.79. The number of benzene rings is 1. The Morgan fingerprint density at radius 3 is 2.47 bits per heavy atom. The third kappa shape index (κ3) is 3.05. The van der Waals surface area contributed by atoms with Crippen LogP contribution >= 0.6 is 11.3 Å². The number of piperazine rings is 1. The summed E-state index contributed by atoms with van der Waals surface area (Å²) in [6, 6.07) is 10.7. The van der Waals surface area contributed by atoms with E-state index in [-0.39, 0.29) is 0 Å². The molecule has 0 amide bonds. The van der Waals surface area contributed by atoms with Crippen LogP contribution in [0.15, 0.2) is 36.5 Å². The third-order valence-corrected chi connectivity index (χ3v) is 4.33. The van der Waals surface area contributed by atoms with E-state index in [1.807, 2.05) is 6.20 Å². The van der Waals surface area contributed by atoms with Crippen molar-refractivity contribution in [1.29, 1.82) is 0 Å². The van der Waals surface area contributed by atoms with Crippen LogP contribution in [0.2, 0.25) is 0 Å². The minimum Gasteiger partial charge on any atom is -0.375 e. The molecule has 3 rings (SSSR count). The van der Waals surface area contributed by atoms with E-state index in [9.17, 15) is 0 Å². The number of nitrogen functional groups attached to an aromatic ring is 1. The molecule has 0 bridgehead atoms. The van der Waals surface area contributed by atoms with Gasteiger partial charge in [0, 0.05) is 32.7 Å². The summed E-state index contributed by atoms with van der Waals surface area (Å²) in [6.07, 6.45) is 1.88. The predicted octanol–water partition coefficient (Wildman–Crippen LogP) is 2.05. The van der Waals surface area contributed by atoms with Gasteiger partial charge in [-0.2, -0.15) is 0 Å². The van der Waals surface area contributed by atoms with E-state index in [1.165, 1.54) is 10.6 Å². The lowest BCUT2D eigenvalue weighted by molar-refractivity contribution is 0.250. The molecule has 0 saturated carbocycles. The van der Waals surface area contributed by atoms with Crippen LogP contribution in [0, 0.1) is 0 Å². The standard InChI is InChI=1S/C14H18N4S/c15-14-16-10-13(19-14)18-8-6-17(7-9-18)11-12-4-2-1-3-5-12/h1-5,10H,6-9,11H2,(H2,15,16). The molecule has 1 aliphatic heterocycles. The summed E-state index contributed by atoms with van der Waals surface area (Å²) in [5, 5.41) is 1.85. The first-order valence-corrected chi connectivity index (χ1v) is 7.35. The van der Waals surface area contributed by atoms with Gasteiger partial charge in [0.05, 0.1) is 6.20 Å². The highest BCUT2D eigenvalue weighted by molar-refractivity contribution is 7.19. The zero-order chi connectivity index (χ0) is 13.1. The highest BCUT2D eigenvalue weighted by Gasteiger charge is 2.18. The predicted molar refractivity (Wildman–Crippen MR) is 80.5 cm³/mol. The molecule has 1 aromatic carbocycles. The molecule has 0 unspecified atom stereocenters. The summed E-state index contributed by atoms with van der Waals surface area (Å²) in [5.74, 6) is 0. The van der Waals surface area contributed by atoms with Gasteiger partial charge in [0.25, 0.3) is 0 Å². The van der Waals surface area contributed by atoms with Gasteiger partial charge in [-0.15, -0.1) is 0 Å². The number of hydrogen-bond acceptors (Lipinski definition) is 5. The molecule has 0 atom stereocenters. The highest BCUT2D eigenvalue weighted by atomic mass is 32.1. The Bertz CT molecular complexity index is 517. The van der Waals surface area contributed by atoms with Crippen molar-refractivity contribution in [2.75, 3.05) is 36.8 Å². The maximum Gasteiger partial charge on any atom is 0.181 e. The summed E-state index contributed by atoms with van der Waals surface area (Å²) in [7, 11) is 0. The van der Waals surface area contributed by atoms with E-state index in [4.69, 9.17) is 5.73 Å². The van der Waals surface area contributed by atoms with Crippen LogP contribution in [0.5, 0.6) is 0 Å². The second kappa shape index (κ2) is 5.59. The molecule has 1 saturated heterocycles. The molecule has 1 aromatic heterocycles. The lowest BCUT2D eigenvalue weighted by Crippen LogP contribution is -2.45. The normalized spacial score (nSPS) is 16.7. The number of thiazole rings is 1. The largest absolute Gasteiger partial charge is 0.375 e. The average Bonchev–Trinajstić information content (AvgIpc) is 2.87. The molecule has 1 aliphatic rings. The van der Waals surface area contributed by atoms with Gasteiger partial charge in [0.15, 0.2) is 5.13 Å². The van der Waals surface area contributed by atoms with Gasteiger partial charge in [-0.25, -0.2) is 4.98 Å². The number of aromatic nitrogens is 1. The summed E-state index contributed by atoms with van der Waals surface area (Å²) in [5.41, 5.74) is 7.07. The fourth-order valence-electron chi connectivity index (χ4n) is 2.39. The van der Waals surface area contributed by atoms with Gasteiger partial charge in [-0.05, 0) is 5.56 Å². The van der Waals surface area contributed by atoms with Crippen molar-refractivity contribution in [3.8, 4) is 0 Å². The Morgan fingerprint density at radius 2 is 1.84 bits per heavy atom. The van der Waals surface area contributed by atoms with Crippen molar-refractivity contribution < 1.29 is 0 Å². The Kier molecular flexibility index (Phi) is 3.66. The molecule has 1 fully saturated rings. The smallest absolute Gasteiger partial charge is 0.181 e. The van der Waals surface area contributed by atoms with Gasteiger partial charge in [0.2, 0.25) is 0 Å². The van der Waals surface area contributed by atoms with E-state index < -0.39 is 0 Å². The van der Waals surface area contributed by atoms with Crippen LogP contribution in [0.4, 0.5) is 10.1 Å². The number of hydrogen-bond donors (Lipinski definition) is 1. The quantitative estimate of drug-likeness (QED) is 0.930. The lowest BCUT2D eigenvalue weighted by atomic mass is 10.2. The second-order valence-corrected chi connectivity index (χ2v) is 5.83. The minimum atomic E-state index is 0.654. The number of anilines is 2. The van der Waals surface area contributed by atoms with Crippen molar-refractivity contribution >= 4 is 21.5 Å². The van der Waals surface area contributed by atoms with E-state index >= 15 is 0 Å². The van der Waals surface area contributed by atoms with E-state index in [0.29, 0.717) is 5.13 Å². The Morgan fingerprint density at radius 1 is 1.11 bits per heavy atom. The van der Waals surface area contributed by atoms with Crippen LogP contribution in [-0.2, 0) is 6.54 Å². The minimum absolute atomic E-state index is 0.654. The molecule has 4 nitrogen and oxygen atoms in total. The summed E-state index contributed by atoms with van der Waals surface area (Å²) < 4.78 is 0. The van der Waals surface area contributed by atoms with Crippen LogP contribution in [0.1, 0.15) is 5.56 Å². The fraction of sp³-hybridized carbons (Fsp3) is 0.357. The molecule has 0 radical (unpaired) electrons. The Balaban J connectivity index is 1.55. The molecule has 2 N–H and O–H groups in total. The summed E-state index contributed by atoms with van der Waals surface area (Å²) >= 11 is 1.57. The average molecular weight is 274 g/mol. The van der Waals surface area contributed by atoms with Crippen LogP contribution in [0.25, 0.3) is 0 Å². The molecular weight excluding hydrogens is 256 g/mol. The monoisotopic (exact) mass is 274 g/mol. The zero-order valence-corrected chi connectivity index (χ0v) is 11.6. The molecule has 2 heterocycles. The van der Waals surface area contributed by atoms with Gasteiger partial charge in [0.1, 0.15) is 5.00 Å². The first-order valence-electron chi connectivity index (χ1n) is 6.54. The Hall–Kier alpha value is -1.59. The van der Waals surface area contributed by atoms with Gasteiger partial charge < -0.3 is 10.6 Å². The molecule has 2 aromatic rings. The molecule has 0 spiro atoms. The lowest BCUT2D eigenvalue weighted by Gasteiger charge is -2.35. The van der Waals surface area contributed by atoms with Crippen molar-refractivity contribution in [1.82, 2.24) is 9.88 Å². The van der Waals surface area contributed by atoms with Crippen LogP contribution in [0.3, 0.4) is 0 Å². The summed E-state index contributed by atoms with van der Waals surface area (Å²) in [6.45, 7) is 5.32. The van der Waals surface area contributed by atoms with E-state index in [2.05, 4.69) is 45.1 Å². The van der Waals surface area contributed by atoms with Gasteiger partial charge in [-0.1, -0.05) is 41.7 Å². The topological polar surface area (TPSA) is 45.4 Å². The molecule has 19 heavy (non-hydrogen) atoms. The Labute approximate surface area is 117 Å². The highest BCUT2D eigenvalue weighted by Crippen LogP contribution is 2.25. The SMILES string of the molecule is Nc1ncc(N2CCN(Cc3ccccc3)CC2)s1. The molecule has 100 valence electrons. The van der Waals surface area contributed by atoms with Crippen molar-refractivity contribution in [3.63, 3.8) is 0 Å². The fourth-order valence-corrected chi connectivity index (χ4v) is 3.13. The molecule has 5 heteroatoms. The van der Waals surface area contributed by atoms with Crippen molar-refractivity contribution in [3.05, 3.63) is 42.1 Å². The zero-order valence-electron chi connectivity index (χ0n) is 10.8. The van der Waals surface area contributed by atoms with Crippen molar-refractivity contribution in [2.24, 2.45) is 0 Å². The van der Waals surface area contributed by atoms with E-state index in [1.54, 1.807) is 11.3 Å². The number of nitrogens with zero attached hydrogens (tertiary/aromatic N) is 3. The molecular formula is C14H18N4S. The first-order chi connectivity index (χ1) is 9.31. The van der Waals surface area contributed by atoms with Crippen molar-refractivity contribution in [2.45, 2.75) is 6.54 Å². The molecule has 0 aliphatic carbocycles. The maximum atomic E-state index is 5.69. The third-order valence-electron chi connectivity index (χ3n) is 3.44. The van der Waals surface area contributed by atoms with Gasteiger partial charge >= 0.3 is 0 Å². The number of rotatable bonds is 3. The maximum absolute atomic E-state index is 5.69.